The highest BCUT2D eigenvalue weighted by molar-refractivity contribution is 6.09. The summed E-state index contributed by atoms with van der Waals surface area (Å²) in [5.74, 6) is 0. The lowest BCUT2D eigenvalue weighted by molar-refractivity contribution is 0.794. The quantitative estimate of drug-likeness (QED) is 0.147. The Morgan fingerprint density at radius 1 is 0.267 bits per heavy atom. The SMILES string of the molecule is c1ccc(-c2ccccc2-c2c(-c3ccccc3)cccc2N(c2ccc(-c3cccc(-n4c5ccccc5c5ccccc54)c3)cc2)c2ccc3c(c2)-c2ccccc2C32c3ccccc3-c3ccccc32)cc1. The second-order valence-electron chi connectivity index (χ2n) is 19.9. The summed E-state index contributed by atoms with van der Waals surface area (Å²) in [5, 5.41) is 2.52. The lowest BCUT2D eigenvalue weighted by Gasteiger charge is -2.32. The summed E-state index contributed by atoms with van der Waals surface area (Å²) < 4.78 is 2.40. The molecule has 1 heterocycles. The minimum Gasteiger partial charge on any atom is -0.310 e. The van der Waals surface area contributed by atoms with Gasteiger partial charge in [-0.3, -0.25) is 0 Å². The van der Waals surface area contributed by atoms with Gasteiger partial charge in [-0.05, 0) is 138 Å². The van der Waals surface area contributed by atoms with Crippen LogP contribution in [0, 0.1) is 0 Å². The van der Waals surface area contributed by atoms with Gasteiger partial charge in [-0.1, -0.05) is 237 Å². The zero-order chi connectivity index (χ0) is 49.5. The summed E-state index contributed by atoms with van der Waals surface area (Å²) in [4.78, 5) is 2.51. The van der Waals surface area contributed by atoms with Crippen molar-refractivity contribution >= 4 is 38.9 Å². The molecule has 2 nitrogen and oxygen atoms in total. The van der Waals surface area contributed by atoms with E-state index in [1.165, 1.54) is 99.7 Å². The molecule has 13 aromatic rings. The monoisotopic (exact) mass is 952 g/mol. The molecule has 15 rings (SSSR count). The van der Waals surface area contributed by atoms with Crippen molar-refractivity contribution in [3.8, 4) is 72.4 Å². The number of aromatic nitrogens is 1. The van der Waals surface area contributed by atoms with Crippen LogP contribution in [0.4, 0.5) is 17.1 Å². The predicted molar refractivity (Wildman–Crippen MR) is 314 cm³/mol. The Balaban J connectivity index is 0.953. The van der Waals surface area contributed by atoms with E-state index in [0.717, 1.165) is 33.9 Å². The maximum absolute atomic E-state index is 2.51. The van der Waals surface area contributed by atoms with Crippen LogP contribution < -0.4 is 4.90 Å². The zero-order valence-electron chi connectivity index (χ0n) is 41.1. The van der Waals surface area contributed by atoms with Crippen LogP contribution in [0.1, 0.15) is 22.3 Å². The van der Waals surface area contributed by atoms with Crippen LogP contribution in [0.3, 0.4) is 0 Å². The molecule has 0 amide bonds. The summed E-state index contributed by atoms with van der Waals surface area (Å²) in [6.07, 6.45) is 0. The molecular formula is C73H48N2. The first-order valence-electron chi connectivity index (χ1n) is 26.0. The summed E-state index contributed by atoms with van der Waals surface area (Å²) in [5.41, 5.74) is 26.2. The molecule has 1 aromatic heterocycles. The Kier molecular flexibility index (Phi) is 9.83. The minimum absolute atomic E-state index is 0.440. The number of hydrogen-bond acceptors (Lipinski definition) is 1. The number of benzene rings is 12. The molecule has 0 saturated heterocycles. The predicted octanol–water partition coefficient (Wildman–Crippen LogP) is 19.3. The van der Waals surface area contributed by atoms with Crippen molar-refractivity contribution in [3.63, 3.8) is 0 Å². The highest BCUT2D eigenvalue weighted by atomic mass is 15.1. The van der Waals surface area contributed by atoms with E-state index in [2.05, 4.69) is 301 Å². The fourth-order valence-corrected chi connectivity index (χ4v) is 12.9. The van der Waals surface area contributed by atoms with Crippen molar-refractivity contribution in [2.75, 3.05) is 4.90 Å². The van der Waals surface area contributed by atoms with Gasteiger partial charge < -0.3 is 9.47 Å². The summed E-state index contributed by atoms with van der Waals surface area (Å²) in [7, 11) is 0. The van der Waals surface area contributed by atoms with E-state index in [9.17, 15) is 0 Å². The third-order valence-electron chi connectivity index (χ3n) is 16.0. The van der Waals surface area contributed by atoms with Crippen molar-refractivity contribution in [1.29, 1.82) is 0 Å². The highest BCUT2D eigenvalue weighted by Crippen LogP contribution is 2.63. The molecule has 2 aliphatic rings. The number of para-hydroxylation sites is 2. The third kappa shape index (κ3) is 6.53. The minimum atomic E-state index is -0.440. The molecule has 75 heavy (non-hydrogen) atoms. The first-order valence-corrected chi connectivity index (χ1v) is 26.0. The van der Waals surface area contributed by atoms with Gasteiger partial charge in [0.25, 0.3) is 0 Å². The second-order valence-corrected chi connectivity index (χ2v) is 19.9. The molecule has 12 aromatic carbocycles. The molecular weight excluding hydrogens is 905 g/mol. The lowest BCUT2D eigenvalue weighted by Crippen LogP contribution is -2.25. The molecule has 0 unspecified atom stereocenters. The molecule has 2 heteroatoms. The molecule has 0 saturated carbocycles. The molecule has 0 aliphatic heterocycles. The fourth-order valence-electron chi connectivity index (χ4n) is 12.9. The molecule has 0 fully saturated rings. The van der Waals surface area contributed by atoms with E-state index in [1.54, 1.807) is 0 Å². The van der Waals surface area contributed by atoms with Crippen LogP contribution in [-0.2, 0) is 5.41 Å². The highest BCUT2D eigenvalue weighted by Gasteiger charge is 2.51. The number of hydrogen-bond donors (Lipinski definition) is 0. The molecule has 0 bridgehead atoms. The Morgan fingerprint density at radius 2 is 0.720 bits per heavy atom. The summed E-state index contributed by atoms with van der Waals surface area (Å²) in [6, 6.07) is 108. The number of anilines is 3. The maximum atomic E-state index is 2.51. The molecule has 0 radical (unpaired) electrons. The fraction of sp³-hybridized carbons (Fsp3) is 0.0137. The topological polar surface area (TPSA) is 8.17 Å². The van der Waals surface area contributed by atoms with Crippen LogP contribution >= 0.6 is 0 Å². The standard InChI is InChI=1S/C73H48N2/c1-3-21-50(22-4-1)56-27-7-8-33-63(56)72-57(51-23-5-2-6-24-51)34-20-40-71(72)74(53-43-41-49(42-44-53)52-25-19-26-54(47-52)75-69-38-17-12-31-61(69)62-32-13-18-39-70(62)75)55-45-46-68-64(48-55)60-30-11-16-37-67(60)73(68)65-35-14-9-28-58(65)59-29-10-15-36-66(59)73/h1-48H. The molecule has 350 valence electrons. The molecule has 2 aliphatic carbocycles. The first kappa shape index (κ1) is 42.9. The van der Waals surface area contributed by atoms with Gasteiger partial charge in [0.15, 0.2) is 0 Å². The smallest absolute Gasteiger partial charge is 0.0725 e. The van der Waals surface area contributed by atoms with Crippen LogP contribution in [0.25, 0.3) is 94.3 Å². The Morgan fingerprint density at radius 3 is 1.35 bits per heavy atom. The summed E-state index contributed by atoms with van der Waals surface area (Å²) >= 11 is 0. The normalized spacial score (nSPS) is 12.6. The van der Waals surface area contributed by atoms with E-state index in [0.29, 0.717) is 0 Å². The van der Waals surface area contributed by atoms with Crippen molar-refractivity contribution in [3.05, 3.63) is 313 Å². The van der Waals surface area contributed by atoms with Crippen molar-refractivity contribution in [1.82, 2.24) is 4.57 Å². The first-order chi connectivity index (χ1) is 37.2. The zero-order valence-corrected chi connectivity index (χ0v) is 41.1. The molecule has 0 atom stereocenters. The van der Waals surface area contributed by atoms with E-state index in [4.69, 9.17) is 0 Å². The Bertz CT molecular complexity index is 4250. The van der Waals surface area contributed by atoms with Crippen LogP contribution in [0.5, 0.6) is 0 Å². The molecule has 1 spiro atoms. The third-order valence-corrected chi connectivity index (χ3v) is 16.0. The van der Waals surface area contributed by atoms with Gasteiger partial charge in [0.2, 0.25) is 0 Å². The number of nitrogens with zero attached hydrogens (tertiary/aromatic N) is 2. The maximum Gasteiger partial charge on any atom is 0.0725 e. The van der Waals surface area contributed by atoms with E-state index >= 15 is 0 Å². The van der Waals surface area contributed by atoms with Gasteiger partial charge in [0, 0.05) is 33.4 Å². The van der Waals surface area contributed by atoms with Gasteiger partial charge in [-0.15, -0.1) is 0 Å². The van der Waals surface area contributed by atoms with Gasteiger partial charge in [-0.2, -0.15) is 0 Å². The largest absolute Gasteiger partial charge is 0.310 e. The van der Waals surface area contributed by atoms with Gasteiger partial charge in [-0.25, -0.2) is 0 Å². The van der Waals surface area contributed by atoms with Crippen molar-refractivity contribution < 1.29 is 0 Å². The Labute approximate surface area is 437 Å². The van der Waals surface area contributed by atoms with E-state index in [-0.39, 0.29) is 0 Å². The van der Waals surface area contributed by atoms with Crippen LogP contribution in [-0.4, -0.2) is 4.57 Å². The van der Waals surface area contributed by atoms with Crippen molar-refractivity contribution in [2.24, 2.45) is 0 Å². The average Bonchev–Trinajstić information content (AvgIpc) is 4.29. The van der Waals surface area contributed by atoms with Gasteiger partial charge in [0.05, 0.1) is 22.1 Å². The van der Waals surface area contributed by atoms with Gasteiger partial charge >= 0.3 is 0 Å². The Hall–Kier alpha value is -9.76. The van der Waals surface area contributed by atoms with Crippen LogP contribution in [0.15, 0.2) is 291 Å². The van der Waals surface area contributed by atoms with Crippen LogP contribution in [0.2, 0.25) is 0 Å². The van der Waals surface area contributed by atoms with Gasteiger partial charge in [0.1, 0.15) is 0 Å². The molecule has 0 N–H and O–H groups in total. The lowest BCUT2D eigenvalue weighted by atomic mass is 9.70. The number of rotatable bonds is 8. The summed E-state index contributed by atoms with van der Waals surface area (Å²) in [6.45, 7) is 0. The average molecular weight is 953 g/mol. The van der Waals surface area contributed by atoms with E-state index < -0.39 is 5.41 Å². The second kappa shape index (κ2) is 17.2. The van der Waals surface area contributed by atoms with Crippen molar-refractivity contribution in [2.45, 2.75) is 5.41 Å². The number of fused-ring (bicyclic) bond motifs is 13. The van der Waals surface area contributed by atoms with E-state index in [1.807, 2.05) is 0 Å².